The van der Waals surface area contributed by atoms with Gasteiger partial charge in [0.2, 0.25) is 0 Å². The van der Waals surface area contributed by atoms with Gasteiger partial charge in [-0.3, -0.25) is 4.79 Å². The van der Waals surface area contributed by atoms with Gasteiger partial charge in [-0.15, -0.1) is 11.3 Å². The summed E-state index contributed by atoms with van der Waals surface area (Å²) in [5, 5.41) is 13.3. The molecule has 1 saturated heterocycles. The van der Waals surface area contributed by atoms with Crippen LogP contribution in [0, 0.1) is 0 Å². The van der Waals surface area contributed by atoms with E-state index in [0.29, 0.717) is 12.5 Å². The summed E-state index contributed by atoms with van der Waals surface area (Å²) in [6.45, 7) is 2.83. The Bertz CT molecular complexity index is 474. The Morgan fingerprint density at radius 2 is 2.39 bits per heavy atom. The SMILES string of the molecule is CC1OCCC1Nc1nc2c(s1)CCC2C(=O)O. The monoisotopic (exact) mass is 268 g/mol. The second-order valence-electron chi connectivity index (χ2n) is 4.87. The van der Waals surface area contributed by atoms with Crippen LogP contribution in [0.5, 0.6) is 0 Å². The van der Waals surface area contributed by atoms with Gasteiger partial charge in [-0.05, 0) is 26.2 Å². The van der Waals surface area contributed by atoms with Crippen LogP contribution in [0.25, 0.3) is 0 Å². The number of fused-ring (bicyclic) bond motifs is 1. The Kier molecular flexibility index (Phi) is 2.99. The molecule has 1 aromatic rings. The summed E-state index contributed by atoms with van der Waals surface area (Å²) in [7, 11) is 0. The second-order valence-corrected chi connectivity index (χ2v) is 5.96. The molecule has 2 heterocycles. The number of rotatable bonds is 3. The fourth-order valence-corrected chi connectivity index (χ4v) is 3.71. The Balaban J connectivity index is 1.76. The van der Waals surface area contributed by atoms with Gasteiger partial charge in [0.1, 0.15) is 5.92 Å². The van der Waals surface area contributed by atoms with Gasteiger partial charge in [-0.25, -0.2) is 4.98 Å². The van der Waals surface area contributed by atoms with Gasteiger partial charge in [-0.2, -0.15) is 0 Å². The van der Waals surface area contributed by atoms with Crippen molar-refractivity contribution in [1.82, 2.24) is 4.98 Å². The zero-order valence-corrected chi connectivity index (χ0v) is 11.0. The maximum absolute atomic E-state index is 11.1. The van der Waals surface area contributed by atoms with Gasteiger partial charge in [0, 0.05) is 11.5 Å². The minimum Gasteiger partial charge on any atom is -0.481 e. The number of aliphatic carboxylic acids is 1. The molecule has 3 unspecified atom stereocenters. The average Bonchev–Trinajstić information content (AvgIpc) is 2.95. The summed E-state index contributed by atoms with van der Waals surface area (Å²) < 4.78 is 5.49. The number of carboxylic acid groups (broad SMARTS) is 1. The number of thiazole rings is 1. The molecule has 0 aromatic carbocycles. The number of hydrogen-bond acceptors (Lipinski definition) is 5. The Morgan fingerprint density at radius 1 is 1.56 bits per heavy atom. The number of aryl methyl sites for hydroxylation is 1. The smallest absolute Gasteiger partial charge is 0.312 e. The van der Waals surface area contributed by atoms with Crippen LogP contribution in [-0.2, 0) is 16.0 Å². The predicted octanol–water partition coefficient (Wildman–Crippen LogP) is 1.85. The maximum atomic E-state index is 11.1. The molecule has 98 valence electrons. The molecule has 1 aromatic heterocycles. The van der Waals surface area contributed by atoms with Crippen molar-refractivity contribution < 1.29 is 14.6 Å². The highest BCUT2D eigenvalue weighted by Gasteiger charge is 2.33. The van der Waals surface area contributed by atoms with E-state index in [2.05, 4.69) is 10.3 Å². The van der Waals surface area contributed by atoms with E-state index >= 15 is 0 Å². The number of hydrogen-bond donors (Lipinski definition) is 2. The van der Waals surface area contributed by atoms with E-state index in [1.165, 1.54) is 0 Å². The van der Waals surface area contributed by atoms with Crippen molar-refractivity contribution >= 4 is 22.4 Å². The van der Waals surface area contributed by atoms with E-state index in [1.807, 2.05) is 6.92 Å². The summed E-state index contributed by atoms with van der Waals surface area (Å²) in [6, 6.07) is 0.291. The number of nitrogens with one attached hydrogen (secondary N) is 1. The lowest BCUT2D eigenvalue weighted by molar-refractivity contribution is -0.138. The molecule has 6 heteroatoms. The normalized spacial score (nSPS) is 30.4. The minimum absolute atomic E-state index is 0.194. The van der Waals surface area contributed by atoms with Crippen molar-refractivity contribution in [2.75, 3.05) is 11.9 Å². The molecule has 0 radical (unpaired) electrons. The van der Waals surface area contributed by atoms with Gasteiger partial charge >= 0.3 is 5.97 Å². The summed E-state index contributed by atoms with van der Waals surface area (Å²) in [4.78, 5) is 16.7. The maximum Gasteiger partial charge on any atom is 0.312 e. The fraction of sp³-hybridized carbons (Fsp3) is 0.667. The van der Waals surface area contributed by atoms with Crippen molar-refractivity contribution in [3.05, 3.63) is 10.6 Å². The van der Waals surface area contributed by atoms with E-state index in [1.54, 1.807) is 11.3 Å². The molecule has 3 atom stereocenters. The molecule has 2 N–H and O–H groups in total. The van der Waals surface area contributed by atoms with Gasteiger partial charge in [0.25, 0.3) is 0 Å². The molecule has 2 aliphatic rings. The highest BCUT2D eigenvalue weighted by atomic mass is 32.1. The van der Waals surface area contributed by atoms with Crippen LogP contribution < -0.4 is 5.32 Å². The molecular formula is C12H16N2O3S. The molecule has 3 rings (SSSR count). The fourth-order valence-electron chi connectivity index (χ4n) is 2.61. The van der Waals surface area contributed by atoms with Crippen molar-refractivity contribution in [2.45, 2.75) is 44.2 Å². The third-order valence-electron chi connectivity index (χ3n) is 3.70. The molecular weight excluding hydrogens is 252 g/mol. The molecule has 0 amide bonds. The quantitative estimate of drug-likeness (QED) is 0.875. The third-order valence-corrected chi connectivity index (χ3v) is 4.76. The van der Waals surface area contributed by atoms with Crippen molar-refractivity contribution in [3.8, 4) is 0 Å². The van der Waals surface area contributed by atoms with Crippen LogP contribution in [0.4, 0.5) is 5.13 Å². The topological polar surface area (TPSA) is 71.5 Å². The number of ether oxygens (including phenoxy) is 1. The minimum atomic E-state index is -0.761. The molecule has 18 heavy (non-hydrogen) atoms. The first-order chi connectivity index (χ1) is 8.65. The molecule has 0 bridgehead atoms. The highest BCUT2D eigenvalue weighted by molar-refractivity contribution is 7.15. The molecule has 1 fully saturated rings. The number of nitrogens with zero attached hydrogens (tertiary/aromatic N) is 1. The lowest BCUT2D eigenvalue weighted by atomic mass is 10.1. The van der Waals surface area contributed by atoms with Crippen LogP contribution in [0.1, 0.15) is 36.3 Å². The lowest BCUT2D eigenvalue weighted by Gasteiger charge is -2.14. The van der Waals surface area contributed by atoms with Crippen LogP contribution in [0.15, 0.2) is 0 Å². The molecule has 0 saturated carbocycles. The first kappa shape index (κ1) is 11.9. The van der Waals surface area contributed by atoms with Gasteiger partial charge in [-0.1, -0.05) is 0 Å². The second kappa shape index (κ2) is 4.51. The Hall–Kier alpha value is -1.14. The average molecular weight is 268 g/mol. The summed E-state index contributed by atoms with van der Waals surface area (Å²) in [6.07, 6.45) is 2.70. The van der Waals surface area contributed by atoms with Gasteiger partial charge in [0.05, 0.1) is 17.8 Å². The molecule has 5 nitrogen and oxygen atoms in total. The van der Waals surface area contributed by atoms with Crippen LogP contribution in [0.3, 0.4) is 0 Å². The molecule has 1 aliphatic heterocycles. The van der Waals surface area contributed by atoms with E-state index < -0.39 is 11.9 Å². The first-order valence-electron chi connectivity index (χ1n) is 6.25. The Morgan fingerprint density at radius 3 is 3.06 bits per heavy atom. The van der Waals surface area contributed by atoms with Crippen LogP contribution >= 0.6 is 11.3 Å². The zero-order valence-electron chi connectivity index (χ0n) is 10.2. The summed E-state index contributed by atoms with van der Waals surface area (Å²) >= 11 is 1.59. The van der Waals surface area contributed by atoms with Crippen molar-refractivity contribution in [1.29, 1.82) is 0 Å². The van der Waals surface area contributed by atoms with Crippen molar-refractivity contribution in [3.63, 3.8) is 0 Å². The summed E-state index contributed by atoms with van der Waals surface area (Å²) in [5.41, 5.74) is 0.765. The molecule has 1 aliphatic carbocycles. The number of anilines is 1. The van der Waals surface area contributed by atoms with E-state index in [-0.39, 0.29) is 6.10 Å². The van der Waals surface area contributed by atoms with Crippen molar-refractivity contribution in [2.24, 2.45) is 0 Å². The van der Waals surface area contributed by atoms with E-state index in [9.17, 15) is 4.79 Å². The van der Waals surface area contributed by atoms with Gasteiger partial charge < -0.3 is 15.2 Å². The largest absolute Gasteiger partial charge is 0.481 e. The third kappa shape index (κ3) is 1.99. The highest BCUT2D eigenvalue weighted by Crippen LogP contribution is 2.38. The number of carbonyl (C=O) groups is 1. The van der Waals surface area contributed by atoms with E-state index in [0.717, 1.165) is 35.2 Å². The predicted molar refractivity (Wildman–Crippen MR) is 68.3 cm³/mol. The first-order valence-corrected chi connectivity index (χ1v) is 7.07. The van der Waals surface area contributed by atoms with Crippen LogP contribution in [-0.4, -0.2) is 34.8 Å². The number of aromatic nitrogens is 1. The van der Waals surface area contributed by atoms with E-state index in [4.69, 9.17) is 9.84 Å². The molecule has 0 spiro atoms. The lowest BCUT2D eigenvalue weighted by Crippen LogP contribution is -2.26. The summed E-state index contributed by atoms with van der Waals surface area (Å²) in [5.74, 6) is -1.17. The standard InChI is InChI=1S/C12H16N2O3S/c1-6-8(4-5-17-6)13-12-14-10-7(11(15)16)2-3-9(10)18-12/h6-8H,2-5H2,1H3,(H,13,14)(H,15,16). The Labute approximate surface area is 109 Å². The van der Waals surface area contributed by atoms with Crippen LogP contribution in [0.2, 0.25) is 0 Å². The van der Waals surface area contributed by atoms with Gasteiger partial charge in [0.15, 0.2) is 5.13 Å². The number of carboxylic acids is 1. The zero-order chi connectivity index (χ0) is 12.7.